The molecule has 1 spiro atoms. The molecular weight excluding hydrogens is 308 g/mol. The van der Waals surface area contributed by atoms with Gasteiger partial charge in [0.2, 0.25) is 5.88 Å². The van der Waals surface area contributed by atoms with Crippen LogP contribution in [0.3, 0.4) is 0 Å². The van der Waals surface area contributed by atoms with Crippen LogP contribution < -0.4 is 4.74 Å². The molecule has 0 unspecified atom stereocenters. The van der Waals surface area contributed by atoms with Crippen molar-refractivity contribution in [1.29, 1.82) is 0 Å². The van der Waals surface area contributed by atoms with E-state index in [1.165, 1.54) is 5.69 Å². The standard InChI is InChI=1S/C17H22N4OS/c1-13-7-14(20(2)19-13)9-21-11-17(12-21)8-15(10-23-17)22-16-5-3-4-6-18-16/h3-7,15H,8-12H2,1-2H3/t15-/m1/s1. The van der Waals surface area contributed by atoms with Gasteiger partial charge in [0.05, 0.1) is 11.4 Å². The van der Waals surface area contributed by atoms with E-state index in [9.17, 15) is 0 Å². The minimum absolute atomic E-state index is 0.288. The number of thioether (sulfide) groups is 1. The minimum atomic E-state index is 0.288. The first kappa shape index (κ1) is 15.0. The highest BCUT2D eigenvalue weighted by atomic mass is 32.2. The fourth-order valence-electron chi connectivity index (χ4n) is 3.61. The quantitative estimate of drug-likeness (QED) is 0.860. The lowest BCUT2D eigenvalue weighted by Gasteiger charge is -2.47. The van der Waals surface area contributed by atoms with E-state index < -0.39 is 0 Å². The Labute approximate surface area is 141 Å². The topological polar surface area (TPSA) is 43.2 Å². The lowest BCUT2D eigenvalue weighted by atomic mass is 9.93. The van der Waals surface area contributed by atoms with Crippen molar-refractivity contribution in [2.45, 2.75) is 30.7 Å². The first-order valence-corrected chi connectivity index (χ1v) is 9.04. The van der Waals surface area contributed by atoms with E-state index in [0.717, 1.165) is 43.4 Å². The van der Waals surface area contributed by atoms with Gasteiger partial charge < -0.3 is 4.74 Å². The van der Waals surface area contributed by atoms with Gasteiger partial charge in [-0.3, -0.25) is 9.58 Å². The van der Waals surface area contributed by atoms with Gasteiger partial charge in [-0.15, -0.1) is 11.8 Å². The van der Waals surface area contributed by atoms with Crippen LogP contribution in [0.2, 0.25) is 0 Å². The SMILES string of the molecule is Cc1cc(CN2CC3(C[C@@H](Oc4ccccn4)CS3)C2)n(C)n1. The fourth-order valence-corrected chi connectivity index (χ4v) is 5.18. The van der Waals surface area contributed by atoms with Crippen molar-refractivity contribution in [2.75, 3.05) is 18.8 Å². The second-order valence-electron chi connectivity index (χ2n) is 6.65. The van der Waals surface area contributed by atoms with Crippen molar-refractivity contribution in [3.05, 3.63) is 41.9 Å². The molecule has 0 bridgehead atoms. The van der Waals surface area contributed by atoms with Crippen LogP contribution in [-0.2, 0) is 13.6 Å². The summed E-state index contributed by atoms with van der Waals surface area (Å²) in [6.45, 7) is 5.33. The van der Waals surface area contributed by atoms with Crippen molar-refractivity contribution in [3.8, 4) is 5.88 Å². The van der Waals surface area contributed by atoms with Crippen LogP contribution in [0.5, 0.6) is 5.88 Å². The molecule has 0 saturated carbocycles. The van der Waals surface area contributed by atoms with E-state index in [4.69, 9.17) is 4.74 Å². The summed E-state index contributed by atoms with van der Waals surface area (Å²) in [6, 6.07) is 8.01. The summed E-state index contributed by atoms with van der Waals surface area (Å²) in [5.41, 5.74) is 2.39. The van der Waals surface area contributed by atoms with Gasteiger partial charge in [0.15, 0.2) is 0 Å². The molecular formula is C17H22N4OS. The zero-order valence-electron chi connectivity index (χ0n) is 13.6. The predicted molar refractivity (Wildman–Crippen MR) is 91.7 cm³/mol. The second kappa shape index (κ2) is 5.83. The molecule has 5 nitrogen and oxygen atoms in total. The maximum atomic E-state index is 6.02. The smallest absolute Gasteiger partial charge is 0.213 e. The third kappa shape index (κ3) is 3.10. The molecule has 2 aliphatic rings. The highest BCUT2D eigenvalue weighted by molar-refractivity contribution is 8.01. The minimum Gasteiger partial charge on any atom is -0.473 e. The number of likely N-dealkylation sites (tertiary alicyclic amines) is 1. The number of rotatable bonds is 4. The van der Waals surface area contributed by atoms with E-state index >= 15 is 0 Å². The van der Waals surface area contributed by atoms with Gasteiger partial charge in [-0.1, -0.05) is 6.07 Å². The van der Waals surface area contributed by atoms with E-state index in [2.05, 4.69) is 32.8 Å². The Morgan fingerprint density at radius 1 is 1.39 bits per heavy atom. The van der Waals surface area contributed by atoms with Crippen molar-refractivity contribution < 1.29 is 4.74 Å². The number of aryl methyl sites for hydroxylation is 2. The molecule has 2 saturated heterocycles. The Balaban J connectivity index is 1.30. The van der Waals surface area contributed by atoms with Gasteiger partial charge in [-0.2, -0.15) is 5.10 Å². The van der Waals surface area contributed by atoms with Crippen LogP contribution >= 0.6 is 11.8 Å². The van der Waals surface area contributed by atoms with Gasteiger partial charge in [-0.05, 0) is 19.1 Å². The molecule has 6 heteroatoms. The average Bonchev–Trinajstić information content (AvgIpc) is 3.04. The van der Waals surface area contributed by atoms with Gasteiger partial charge in [0, 0.05) is 55.9 Å². The third-order valence-electron chi connectivity index (χ3n) is 4.61. The number of hydrogen-bond acceptors (Lipinski definition) is 5. The monoisotopic (exact) mass is 330 g/mol. The lowest BCUT2D eigenvalue weighted by molar-refractivity contribution is 0.0887. The average molecular weight is 330 g/mol. The summed E-state index contributed by atoms with van der Waals surface area (Å²) < 4.78 is 8.40. The van der Waals surface area contributed by atoms with Crippen LogP contribution in [0.1, 0.15) is 17.8 Å². The largest absolute Gasteiger partial charge is 0.473 e. The van der Waals surface area contributed by atoms with Crippen LogP contribution in [0.4, 0.5) is 0 Å². The van der Waals surface area contributed by atoms with E-state index in [1.54, 1.807) is 6.20 Å². The number of nitrogens with zero attached hydrogens (tertiary/aromatic N) is 4. The van der Waals surface area contributed by atoms with Gasteiger partial charge >= 0.3 is 0 Å². The van der Waals surface area contributed by atoms with Crippen molar-refractivity contribution >= 4 is 11.8 Å². The molecule has 2 aromatic heterocycles. The molecule has 122 valence electrons. The van der Waals surface area contributed by atoms with Crippen molar-refractivity contribution in [2.24, 2.45) is 7.05 Å². The Morgan fingerprint density at radius 2 is 2.26 bits per heavy atom. The fraction of sp³-hybridized carbons (Fsp3) is 0.529. The zero-order chi connectivity index (χ0) is 15.9. The lowest BCUT2D eigenvalue weighted by Crippen LogP contribution is -2.58. The number of hydrogen-bond donors (Lipinski definition) is 0. The van der Waals surface area contributed by atoms with E-state index in [1.807, 2.05) is 36.9 Å². The van der Waals surface area contributed by atoms with Gasteiger partial charge in [0.25, 0.3) is 0 Å². The Hall–Kier alpha value is -1.53. The highest BCUT2D eigenvalue weighted by Gasteiger charge is 2.49. The molecule has 4 heterocycles. The molecule has 1 atom stereocenters. The maximum absolute atomic E-state index is 6.02. The molecule has 0 aliphatic carbocycles. The molecule has 2 aromatic rings. The summed E-state index contributed by atoms with van der Waals surface area (Å²) >= 11 is 2.07. The molecule has 0 aromatic carbocycles. The summed E-state index contributed by atoms with van der Waals surface area (Å²) in [5.74, 6) is 1.81. The van der Waals surface area contributed by atoms with Crippen LogP contribution in [0.25, 0.3) is 0 Å². The predicted octanol–water partition coefficient (Wildman–Crippen LogP) is 2.26. The maximum Gasteiger partial charge on any atom is 0.213 e. The zero-order valence-corrected chi connectivity index (χ0v) is 14.4. The Morgan fingerprint density at radius 3 is 2.96 bits per heavy atom. The molecule has 2 aliphatic heterocycles. The van der Waals surface area contributed by atoms with Crippen LogP contribution in [0, 0.1) is 6.92 Å². The van der Waals surface area contributed by atoms with Gasteiger partial charge in [0.1, 0.15) is 6.10 Å². The van der Waals surface area contributed by atoms with Crippen LogP contribution in [-0.4, -0.2) is 49.4 Å². The highest BCUT2D eigenvalue weighted by Crippen LogP contribution is 2.46. The molecule has 0 amide bonds. The normalized spacial score (nSPS) is 23.1. The summed E-state index contributed by atoms with van der Waals surface area (Å²) in [5, 5.41) is 4.43. The molecule has 0 N–H and O–H groups in total. The number of aromatic nitrogens is 3. The van der Waals surface area contributed by atoms with E-state index in [-0.39, 0.29) is 6.10 Å². The first-order valence-electron chi connectivity index (χ1n) is 8.05. The van der Waals surface area contributed by atoms with Crippen molar-refractivity contribution in [3.63, 3.8) is 0 Å². The summed E-state index contributed by atoms with van der Waals surface area (Å²) in [7, 11) is 2.03. The second-order valence-corrected chi connectivity index (χ2v) is 8.14. The molecule has 23 heavy (non-hydrogen) atoms. The van der Waals surface area contributed by atoms with E-state index in [0.29, 0.717) is 4.75 Å². The summed E-state index contributed by atoms with van der Waals surface area (Å²) in [6.07, 6.45) is 3.19. The number of pyridine rings is 1. The molecule has 4 rings (SSSR count). The molecule has 2 fully saturated rings. The Bertz CT molecular complexity index is 681. The molecule has 0 radical (unpaired) electrons. The number of ether oxygens (including phenoxy) is 1. The van der Waals surface area contributed by atoms with Gasteiger partial charge in [-0.25, -0.2) is 4.98 Å². The first-order chi connectivity index (χ1) is 11.1. The third-order valence-corrected chi connectivity index (χ3v) is 6.18. The van der Waals surface area contributed by atoms with Crippen LogP contribution in [0.15, 0.2) is 30.5 Å². The Kier molecular flexibility index (Phi) is 3.81. The summed E-state index contributed by atoms with van der Waals surface area (Å²) in [4.78, 5) is 6.77. The van der Waals surface area contributed by atoms with Crippen molar-refractivity contribution in [1.82, 2.24) is 19.7 Å².